The Labute approximate surface area is 153 Å². The minimum atomic E-state index is -4.06. The molecule has 1 N–H and O–H groups in total. The van der Waals surface area contributed by atoms with Crippen molar-refractivity contribution in [1.82, 2.24) is 0 Å². The summed E-state index contributed by atoms with van der Waals surface area (Å²) in [6.07, 6.45) is 8.47. The minimum absolute atomic E-state index is 0. The summed E-state index contributed by atoms with van der Waals surface area (Å²) < 4.78 is 30.7. The molecule has 1 aromatic rings. The molecule has 5 heteroatoms. The second-order valence-electron chi connectivity index (χ2n) is 5.59. The summed E-state index contributed by atoms with van der Waals surface area (Å²) in [7, 11) is -4.06. The van der Waals surface area contributed by atoms with Crippen LogP contribution in [-0.4, -0.2) is 13.0 Å². The fourth-order valence-electron chi connectivity index (χ4n) is 2.21. The Kier molecular flexibility index (Phi) is 10.9. The average molecular weight is 322 g/mol. The number of hydrogen-bond donors (Lipinski definition) is 1. The molecule has 1 rings (SSSR count). The van der Waals surface area contributed by atoms with Gasteiger partial charge in [0.2, 0.25) is 0 Å². The first-order valence-corrected chi connectivity index (χ1v) is 8.94. The Bertz CT molecular complexity index is 489. The number of aryl methyl sites for hydroxylation is 1. The molecule has 3 nitrogen and oxygen atoms in total. The molecule has 0 bridgehead atoms. The third kappa shape index (κ3) is 8.99. The van der Waals surface area contributed by atoms with Gasteiger partial charge < -0.3 is 1.43 Å². The zero-order chi connectivity index (χ0) is 15.0. The molecule has 0 radical (unpaired) electrons. The third-order valence-corrected chi connectivity index (χ3v) is 4.70. The summed E-state index contributed by atoms with van der Waals surface area (Å²) in [6, 6.07) is 6.49. The maximum atomic E-state index is 10.9. The van der Waals surface area contributed by atoms with Crippen LogP contribution >= 0.6 is 0 Å². The van der Waals surface area contributed by atoms with Crippen molar-refractivity contribution in [3.63, 3.8) is 0 Å². The molecule has 0 heterocycles. The van der Waals surface area contributed by atoms with Crippen LogP contribution in [0.4, 0.5) is 0 Å². The van der Waals surface area contributed by atoms with Crippen LogP contribution in [0.2, 0.25) is 0 Å². The van der Waals surface area contributed by atoms with Crippen LogP contribution in [0.5, 0.6) is 0 Å². The molecule has 21 heavy (non-hydrogen) atoms. The van der Waals surface area contributed by atoms with E-state index in [0.29, 0.717) is 0 Å². The van der Waals surface area contributed by atoms with E-state index in [0.717, 1.165) is 24.3 Å². The molecule has 0 fully saturated rings. The van der Waals surface area contributed by atoms with E-state index in [9.17, 15) is 8.42 Å². The van der Waals surface area contributed by atoms with Gasteiger partial charge in [-0.05, 0) is 36.5 Å². The normalized spacial score (nSPS) is 12.7. The molecule has 0 amide bonds. The van der Waals surface area contributed by atoms with Crippen LogP contribution in [0.1, 0.15) is 59.4 Å². The van der Waals surface area contributed by atoms with E-state index in [-0.39, 0.29) is 35.9 Å². The monoisotopic (exact) mass is 322 g/mol. The van der Waals surface area contributed by atoms with Gasteiger partial charge in [0, 0.05) is 0 Å². The topological polar surface area (TPSA) is 54.4 Å². The standard InChI is InChI=1S/C16H26O3S.Na.H/c1-3-14(2)8-6-4-5-7-9-15-10-12-16(13-11-15)20(17,18)19;;/h10-14H,3-9H2,1-2H3,(H,17,18,19);;/q;+1;-1. The van der Waals surface area contributed by atoms with Crippen molar-refractivity contribution in [3.05, 3.63) is 29.8 Å². The summed E-state index contributed by atoms with van der Waals surface area (Å²) in [6.45, 7) is 4.54. The first-order chi connectivity index (χ1) is 9.43. The second kappa shape index (κ2) is 10.8. The number of hydrogen-bond acceptors (Lipinski definition) is 2. The molecular weight excluding hydrogens is 295 g/mol. The van der Waals surface area contributed by atoms with Crippen molar-refractivity contribution in [2.24, 2.45) is 5.92 Å². The van der Waals surface area contributed by atoms with Crippen LogP contribution < -0.4 is 29.6 Å². The van der Waals surface area contributed by atoms with Crippen molar-refractivity contribution in [1.29, 1.82) is 0 Å². The second-order valence-corrected chi connectivity index (χ2v) is 7.01. The van der Waals surface area contributed by atoms with Gasteiger partial charge in [0.1, 0.15) is 0 Å². The molecule has 0 saturated carbocycles. The van der Waals surface area contributed by atoms with Crippen molar-refractivity contribution >= 4 is 10.1 Å². The Morgan fingerprint density at radius 1 is 1.10 bits per heavy atom. The van der Waals surface area contributed by atoms with Crippen LogP contribution in [0, 0.1) is 5.92 Å². The number of rotatable bonds is 9. The maximum absolute atomic E-state index is 10.9. The van der Waals surface area contributed by atoms with E-state index in [4.69, 9.17) is 4.55 Å². The van der Waals surface area contributed by atoms with Gasteiger partial charge in [0.15, 0.2) is 0 Å². The molecule has 0 saturated heterocycles. The Balaban J connectivity index is 0. The van der Waals surface area contributed by atoms with Crippen molar-refractivity contribution in [2.75, 3.05) is 0 Å². The van der Waals surface area contributed by atoms with Crippen LogP contribution in [0.25, 0.3) is 0 Å². The van der Waals surface area contributed by atoms with E-state index in [2.05, 4.69) is 13.8 Å². The third-order valence-electron chi connectivity index (χ3n) is 3.83. The fourth-order valence-corrected chi connectivity index (χ4v) is 2.69. The molecule has 0 aliphatic heterocycles. The molecule has 1 atom stereocenters. The summed E-state index contributed by atoms with van der Waals surface area (Å²) in [4.78, 5) is -0.0326. The summed E-state index contributed by atoms with van der Waals surface area (Å²) in [5.74, 6) is 0.836. The van der Waals surface area contributed by atoms with Crippen molar-refractivity contribution in [2.45, 2.75) is 63.7 Å². The molecule has 0 spiro atoms. The largest absolute Gasteiger partial charge is 1.00 e. The molecule has 0 aromatic heterocycles. The maximum Gasteiger partial charge on any atom is 1.00 e. The van der Waals surface area contributed by atoms with Crippen LogP contribution in [0.3, 0.4) is 0 Å². The van der Waals surface area contributed by atoms with Crippen molar-refractivity contribution in [3.8, 4) is 0 Å². The summed E-state index contributed by atoms with van der Waals surface area (Å²) >= 11 is 0. The average Bonchev–Trinajstić information content (AvgIpc) is 2.41. The van der Waals surface area contributed by atoms with E-state index in [1.165, 1.54) is 44.2 Å². The van der Waals surface area contributed by atoms with Gasteiger partial charge in [-0.25, -0.2) is 0 Å². The van der Waals surface area contributed by atoms with E-state index < -0.39 is 10.1 Å². The molecule has 1 aromatic carbocycles. The van der Waals surface area contributed by atoms with Gasteiger partial charge in [-0.1, -0.05) is 58.1 Å². The zero-order valence-corrected chi connectivity index (χ0v) is 16.3. The SMILES string of the molecule is CCC(C)CCCCCCc1ccc(S(=O)(=O)O)cc1.[H-].[Na+]. The summed E-state index contributed by atoms with van der Waals surface area (Å²) in [5, 5.41) is 0. The molecule has 0 aliphatic carbocycles. The first-order valence-electron chi connectivity index (χ1n) is 7.50. The van der Waals surface area contributed by atoms with Gasteiger partial charge in [-0.2, -0.15) is 8.42 Å². The van der Waals surface area contributed by atoms with E-state index in [1.54, 1.807) is 12.1 Å². The van der Waals surface area contributed by atoms with Gasteiger partial charge in [-0.15, -0.1) is 0 Å². The number of benzene rings is 1. The molecular formula is C16H27NaO3S. The first kappa shape index (κ1) is 21.1. The Morgan fingerprint density at radius 2 is 1.67 bits per heavy atom. The quantitative estimate of drug-likeness (QED) is 0.427. The van der Waals surface area contributed by atoms with Gasteiger partial charge >= 0.3 is 29.6 Å². The van der Waals surface area contributed by atoms with E-state index in [1.807, 2.05) is 0 Å². The number of unbranched alkanes of at least 4 members (excludes halogenated alkanes) is 3. The Morgan fingerprint density at radius 3 is 2.19 bits per heavy atom. The van der Waals surface area contributed by atoms with Crippen LogP contribution in [0.15, 0.2) is 29.2 Å². The van der Waals surface area contributed by atoms with Gasteiger partial charge in [0.25, 0.3) is 10.1 Å². The minimum Gasteiger partial charge on any atom is -1.00 e. The molecule has 1 unspecified atom stereocenters. The van der Waals surface area contributed by atoms with Gasteiger partial charge in [0.05, 0.1) is 4.90 Å². The Hall–Kier alpha value is 0.130. The van der Waals surface area contributed by atoms with E-state index >= 15 is 0 Å². The van der Waals surface area contributed by atoms with Gasteiger partial charge in [-0.3, -0.25) is 4.55 Å². The molecule has 0 aliphatic rings. The van der Waals surface area contributed by atoms with Crippen molar-refractivity contribution < 1.29 is 44.0 Å². The summed E-state index contributed by atoms with van der Waals surface area (Å²) in [5.41, 5.74) is 1.12. The fraction of sp³-hybridized carbons (Fsp3) is 0.625. The smallest absolute Gasteiger partial charge is 1.00 e. The van der Waals surface area contributed by atoms with Crippen LogP contribution in [-0.2, 0) is 16.5 Å². The molecule has 116 valence electrons. The predicted molar refractivity (Wildman–Crippen MR) is 83.6 cm³/mol. The zero-order valence-electron chi connectivity index (χ0n) is 14.5. The predicted octanol–water partition coefficient (Wildman–Crippen LogP) is 1.59.